The molecule has 0 atom stereocenters. The molecule has 1 heterocycles. The second-order valence-electron chi connectivity index (χ2n) is 4.19. The normalized spacial score (nSPS) is 10.8. The van der Waals surface area contributed by atoms with Gasteiger partial charge in [0.1, 0.15) is 0 Å². The monoisotopic (exact) mass is 238 g/mol. The van der Waals surface area contributed by atoms with Gasteiger partial charge in [-0.25, -0.2) is 4.98 Å². The van der Waals surface area contributed by atoms with E-state index >= 15 is 0 Å². The fraction of sp³-hybridized carbons (Fsp3) is 0.615. The van der Waals surface area contributed by atoms with E-state index in [0.29, 0.717) is 18.5 Å². The van der Waals surface area contributed by atoms with Crippen LogP contribution in [0.2, 0.25) is 0 Å². The van der Waals surface area contributed by atoms with E-state index in [0.717, 1.165) is 25.3 Å². The summed E-state index contributed by atoms with van der Waals surface area (Å²) < 4.78 is 10.6. The Morgan fingerprint density at radius 3 is 2.88 bits per heavy atom. The molecule has 0 amide bonds. The summed E-state index contributed by atoms with van der Waals surface area (Å²) in [5, 5.41) is 3.35. The maximum absolute atomic E-state index is 5.54. The van der Waals surface area contributed by atoms with E-state index < -0.39 is 0 Å². The molecule has 1 aromatic heterocycles. The van der Waals surface area contributed by atoms with Crippen molar-refractivity contribution in [3.05, 3.63) is 23.9 Å². The lowest BCUT2D eigenvalue weighted by molar-refractivity contribution is 0.115. The van der Waals surface area contributed by atoms with Crippen LogP contribution in [0.1, 0.15) is 26.0 Å². The quantitative estimate of drug-likeness (QED) is 0.703. The summed E-state index contributed by atoms with van der Waals surface area (Å²) in [6.45, 7) is 6.56. The fourth-order valence-corrected chi connectivity index (χ4v) is 1.39. The van der Waals surface area contributed by atoms with Crippen LogP contribution < -0.4 is 10.1 Å². The molecule has 96 valence electrons. The van der Waals surface area contributed by atoms with Crippen LogP contribution in [0.15, 0.2) is 18.2 Å². The molecule has 17 heavy (non-hydrogen) atoms. The van der Waals surface area contributed by atoms with Crippen LogP contribution in [0.3, 0.4) is 0 Å². The first-order chi connectivity index (χ1) is 8.22. The van der Waals surface area contributed by atoms with Crippen molar-refractivity contribution in [2.75, 3.05) is 20.3 Å². The van der Waals surface area contributed by atoms with E-state index in [1.165, 1.54) is 0 Å². The highest BCUT2D eigenvalue weighted by molar-refractivity contribution is 5.14. The van der Waals surface area contributed by atoms with Crippen molar-refractivity contribution in [3.8, 4) is 5.88 Å². The van der Waals surface area contributed by atoms with Crippen LogP contribution in [0.5, 0.6) is 5.88 Å². The molecular formula is C13H22N2O2. The molecule has 4 heteroatoms. The average molecular weight is 238 g/mol. The molecule has 1 rings (SSSR count). The van der Waals surface area contributed by atoms with Gasteiger partial charge in [0.2, 0.25) is 5.88 Å². The lowest BCUT2D eigenvalue weighted by Crippen LogP contribution is -2.24. The van der Waals surface area contributed by atoms with E-state index in [9.17, 15) is 0 Å². The van der Waals surface area contributed by atoms with Crippen molar-refractivity contribution in [1.82, 2.24) is 10.3 Å². The number of methoxy groups -OCH3 is 1. The molecule has 4 nitrogen and oxygen atoms in total. The Hall–Kier alpha value is -1.13. The molecule has 0 saturated carbocycles. The number of hydrogen-bond donors (Lipinski definition) is 1. The van der Waals surface area contributed by atoms with Gasteiger partial charge in [-0.05, 0) is 19.0 Å². The molecule has 0 aromatic carbocycles. The van der Waals surface area contributed by atoms with E-state index in [-0.39, 0.29) is 0 Å². The highest BCUT2D eigenvalue weighted by Crippen LogP contribution is 2.07. The summed E-state index contributed by atoms with van der Waals surface area (Å²) in [6.07, 6.45) is 1.02. The number of aromatic nitrogens is 1. The third kappa shape index (κ3) is 6.24. The van der Waals surface area contributed by atoms with Gasteiger partial charge in [0.25, 0.3) is 0 Å². The maximum Gasteiger partial charge on any atom is 0.213 e. The summed E-state index contributed by atoms with van der Waals surface area (Å²) in [5.41, 5.74) is 0.904. The van der Waals surface area contributed by atoms with Gasteiger partial charge in [-0.3, -0.25) is 0 Å². The van der Waals surface area contributed by atoms with Gasteiger partial charge in [0.15, 0.2) is 0 Å². The molecule has 0 aliphatic rings. The number of hydrogen-bond acceptors (Lipinski definition) is 4. The summed E-state index contributed by atoms with van der Waals surface area (Å²) in [5.74, 6) is 0.632. The second kappa shape index (κ2) is 8.03. The molecule has 1 aromatic rings. The standard InChI is InChI=1S/C13H22N2O2/c1-11(2)14-8-5-9-17-10-12-6-4-7-13(15-12)16-3/h4,6-7,11,14H,5,8-10H2,1-3H3. The van der Waals surface area contributed by atoms with E-state index in [4.69, 9.17) is 9.47 Å². The number of rotatable bonds is 8. The molecular weight excluding hydrogens is 216 g/mol. The minimum atomic E-state index is 0.537. The van der Waals surface area contributed by atoms with Crippen molar-refractivity contribution in [1.29, 1.82) is 0 Å². The molecule has 0 aliphatic carbocycles. The predicted molar refractivity (Wildman–Crippen MR) is 68.2 cm³/mol. The van der Waals surface area contributed by atoms with E-state index in [1.54, 1.807) is 7.11 Å². The van der Waals surface area contributed by atoms with E-state index in [1.807, 2.05) is 18.2 Å². The lowest BCUT2D eigenvalue weighted by Gasteiger charge is -2.08. The Balaban J connectivity index is 2.13. The Bertz CT molecular complexity index is 316. The summed E-state index contributed by atoms with van der Waals surface area (Å²) in [6, 6.07) is 6.23. The SMILES string of the molecule is COc1cccc(COCCCNC(C)C)n1. The van der Waals surface area contributed by atoms with Crippen LogP contribution >= 0.6 is 0 Å². The first-order valence-corrected chi connectivity index (χ1v) is 6.03. The zero-order valence-corrected chi connectivity index (χ0v) is 10.9. The van der Waals surface area contributed by atoms with Crippen LogP contribution in [-0.4, -0.2) is 31.3 Å². The molecule has 0 aliphatic heterocycles. The minimum Gasteiger partial charge on any atom is -0.481 e. The number of ether oxygens (including phenoxy) is 2. The smallest absolute Gasteiger partial charge is 0.213 e. The molecule has 0 bridgehead atoms. The van der Waals surface area contributed by atoms with Gasteiger partial charge in [0, 0.05) is 18.7 Å². The number of nitrogens with one attached hydrogen (secondary N) is 1. The van der Waals surface area contributed by atoms with Crippen molar-refractivity contribution >= 4 is 0 Å². The lowest BCUT2D eigenvalue weighted by atomic mass is 10.3. The molecule has 0 radical (unpaired) electrons. The van der Waals surface area contributed by atoms with Crippen LogP contribution in [-0.2, 0) is 11.3 Å². The van der Waals surface area contributed by atoms with Crippen molar-refractivity contribution < 1.29 is 9.47 Å². The van der Waals surface area contributed by atoms with Crippen molar-refractivity contribution in [2.45, 2.75) is 32.9 Å². The molecule has 0 unspecified atom stereocenters. The van der Waals surface area contributed by atoms with Crippen molar-refractivity contribution in [2.24, 2.45) is 0 Å². The van der Waals surface area contributed by atoms with Crippen LogP contribution in [0, 0.1) is 0 Å². The summed E-state index contributed by atoms with van der Waals surface area (Å²) in [4.78, 5) is 4.27. The Morgan fingerprint density at radius 2 is 2.18 bits per heavy atom. The highest BCUT2D eigenvalue weighted by Gasteiger charge is 1.98. The number of nitrogens with zero attached hydrogens (tertiary/aromatic N) is 1. The van der Waals surface area contributed by atoms with Crippen LogP contribution in [0.25, 0.3) is 0 Å². The molecule has 0 spiro atoms. The zero-order chi connectivity index (χ0) is 12.5. The summed E-state index contributed by atoms with van der Waals surface area (Å²) in [7, 11) is 1.62. The largest absolute Gasteiger partial charge is 0.481 e. The zero-order valence-electron chi connectivity index (χ0n) is 10.9. The van der Waals surface area contributed by atoms with Gasteiger partial charge in [0.05, 0.1) is 19.4 Å². The van der Waals surface area contributed by atoms with Gasteiger partial charge >= 0.3 is 0 Å². The maximum atomic E-state index is 5.54. The van der Waals surface area contributed by atoms with Gasteiger partial charge in [-0.2, -0.15) is 0 Å². The Kier molecular flexibility index (Phi) is 6.58. The topological polar surface area (TPSA) is 43.4 Å². The van der Waals surface area contributed by atoms with E-state index in [2.05, 4.69) is 24.1 Å². The first-order valence-electron chi connectivity index (χ1n) is 6.03. The fourth-order valence-electron chi connectivity index (χ4n) is 1.39. The first kappa shape index (κ1) is 13.9. The molecule has 0 fully saturated rings. The van der Waals surface area contributed by atoms with Gasteiger partial charge < -0.3 is 14.8 Å². The van der Waals surface area contributed by atoms with Crippen molar-refractivity contribution in [3.63, 3.8) is 0 Å². The second-order valence-corrected chi connectivity index (χ2v) is 4.19. The third-order valence-electron chi connectivity index (χ3n) is 2.26. The van der Waals surface area contributed by atoms with Gasteiger partial charge in [-0.15, -0.1) is 0 Å². The average Bonchev–Trinajstić information content (AvgIpc) is 2.33. The van der Waals surface area contributed by atoms with Gasteiger partial charge in [-0.1, -0.05) is 19.9 Å². The minimum absolute atomic E-state index is 0.537. The predicted octanol–water partition coefficient (Wildman–Crippen LogP) is 1.99. The molecule has 1 N–H and O–H groups in total. The highest BCUT2D eigenvalue weighted by atomic mass is 16.5. The number of pyridine rings is 1. The molecule has 0 saturated heterocycles. The Labute approximate surface area is 103 Å². The third-order valence-corrected chi connectivity index (χ3v) is 2.26. The Morgan fingerprint density at radius 1 is 1.35 bits per heavy atom. The summed E-state index contributed by atoms with van der Waals surface area (Å²) >= 11 is 0. The van der Waals surface area contributed by atoms with Crippen LogP contribution in [0.4, 0.5) is 0 Å².